The third-order valence-corrected chi connectivity index (χ3v) is 6.36. The van der Waals surface area contributed by atoms with E-state index in [-0.39, 0.29) is 0 Å². The highest BCUT2D eigenvalue weighted by Crippen LogP contribution is 2.29. The van der Waals surface area contributed by atoms with Crippen LogP contribution in [-0.4, -0.2) is 20.3 Å². The van der Waals surface area contributed by atoms with Gasteiger partial charge in [0.2, 0.25) is 0 Å². The normalized spacial score (nSPS) is 11.0. The number of rotatable bonds is 21. The maximum Gasteiger partial charge on any atom is 0.161 e. The summed E-state index contributed by atoms with van der Waals surface area (Å²) in [5.41, 5.74) is 2.41. The third-order valence-electron chi connectivity index (χ3n) is 6.36. The SMILES string of the molecule is CCCCCCCCCCCCCCOCCCc1ccc(OCc2ccccc2)c(OC)c1. The second kappa shape index (κ2) is 19.3. The molecule has 3 nitrogen and oxygen atoms in total. The van der Waals surface area contributed by atoms with Crippen molar-refractivity contribution >= 4 is 0 Å². The minimum atomic E-state index is 0.545. The van der Waals surface area contributed by atoms with Crippen molar-refractivity contribution in [1.82, 2.24) is 0 Å². The maximum absolute atomic E-state index is 5.95. The van der Waals surface area contributed by atoms with Gasteiger partial charge in [0.05, 0.1) is 7.11 Å². The van der Waals surface area contributed by atoms with E-state index in [1.54, 1.807) is 7.11 Å². The Labute approximate surface area is 209 Å². The Morgan fingerprint density at radius 3 is 1.85 bits per heavy atom. The monoisotopic (exact) mass is 468 g/mol. The molecule has 2 rings (SSSR count). The number of hydrogen-bond acceptors (Lipinski definition) is 3. The topological polar surface area (TPSA) is 27.7 Å². The molecule has 0 unspecified atom stereocenters. The second-order valence-electron chi connectivity index (χ2n) is 9.36. The zero-order valence-electron chi connectivity index (χ0n) is 21.9. The van der Waals surface area contributed by atoms with Gasteiger partial charge in [0, 0.05) is 13.2 Å². The Morgan fingerprint density at radius 1 is 0.588 bits per heavy atom. The molecule has 0 spiro atoms. The van der Waals surface area contributed by atoms with E-state index >= 15 is 0 Å². The van der Waals surface area contributed by atoms with E-state index in [4.69, 9.17) is 14.2 Å². The van der Waals surface area contributed by atoms with Crippen LogP contribution >= 0.6 is 0 Å². The Bertz CT molecular complexity index is 729. The molecule has 2 aromatic rings. The lowest BCUT2D eigenvalue weighted by molar-refractivity contribution is 0.127. The van der Waals surface area contributed by atoms with E-state index in [2.05, 4.69) is 31.2 Å². The summed E-state index contributed by atoms with van der Waals surface area (Å²) in [4.78, 5) is 0. The van der Waals surface area contributed by atoms with Crippen molar-refractivity contribution < 1.29 is 14.2 Å². The number of hydrogen-bond donors (Lipinski definition) is 0. The predicted octanol–water partition coefficient (Wildman–Crippen LogP) is 8.92. The molecule has 3 heteroatoms. The van der Waals surface area contributed by atoms with Crippen LogP contribution in [0.4, 0.5) is 0 Å². The smallest absolute Gasteiger partial charge is 0.161 e. The summed E-state index contributed by atoms with van der Waals surface area (Å²) in [7, 11) is 1.70. The largest absolute Gasteiger partial charge is 0.493 e. The van der Waals surface area contributed by atoms with Gasteiger partial charge in [0.1, 0.15) is 6.61 Å². The molecule has 0 heterocycles. The molecule has 0 fully saturated rings. The zero-order chi connectivity index (χ0) is 24.1. The minimum Gasteiger partial charge on any atom is -0.493 e. The first-order valence-electron chi connectivity index (χ1n) is 13.7. The zero-order valence-corrected chi connectivity index (χ0v) is 21.9. The Morgan fingerprint density at radius 2 is 1.21 bits per heavy atom. The quantitative estimate of drug-likeness (QED) is 0.171. The van der Waals surface area contributed by atoms with E-state index < -0.39 is 0 Å². The highest BCUT2D eigenvalue weighted by molar-refractivity contribution is 5.43. The first-order valence-corrected chi connectivity index (χ1v) is 13.7. The standard InChI is InChI=1S/C31H48O3/c1-3-4-5-6-7-8-9-10-11-12-13-17-24-33-25-18-21-28-22-23-30(31(26-28)32-2)34-27-29-19-15-14-16-20-29/h14-16,19-20,22-23,26H,3-13,17-18,21,24-25,27H2,1-2H3. The van der Waals surface area contributed by atoms with Gasteiger partial charge in [0.15, 0.2) is 11.5 Å². The van der Waals surface area contributed by atoms with Crippen LogP contribution in [0.15, 0.2) is 48.5 Å². The summed E-state index contributed by atoms with van der Waals surface area (Å²) in [6.45, 7) is 4.55. The lowest BCUT2D eigenvalue weighted by Gasteiger charge is -2.12. The van der Waals surface area contributed by atoms with Crippen LogP contribution in [0.5, 0.6) is 11.5 Å². The number of unbranched alkanes of at least 4 members (excludes halogenated alkanes) is 11. The molecule has 2 aromatic carbocycles. The van der Waals surface area contributed by atoms with Crippen LogP contribution in [0, 0.1) is 0 Å². The molecule has 34 heavy (non-hydrogen) atoms. The summed E-state index contributed by atoms with van der Waals surface area (Å²) in [5.74, 6) is 1.59. The van der Waals surface area contributed by atoms with Crippen LogP contribution in [0.1, 0.15) is 102 Å². The Hall–Kier alpha value is -2.00. The Kier molecular flexibility index (Phi) is 16.0. The van der Waals surface area contributed by atoms with Crippen LogP contribution < -0.4 is 9.47 Å². The summed E-state index contributed by atoms with van der Waals surface area (Å²) >= 11 is 0. The fourth-order valence-electron chi connectivity index (χ4n) is 4.25. The van der Waals surface area contributed by atoms with Crippen molar-refractivity contribution in [3.63, 3.8) is 0 Å². The number of aryl methyl sites for hydroxylation is 1. The number of methoxy groups -OCH3 is 1. The van der Waals surface area contributed by atoms with Gasteiger partial charge in [-0.15, -0.1) is 0 Å². The summed E-state index contributed by atoms with van der Waals surface area (Å²) < 4.78 is 17.4. The van der Waals surface area contributed by atoms with Gasteiger partial charge >= 0.3 is 0 Å². The Balaban J connectivity index is 1.46. The molecular weight excluding hydrogens is 420 g/mol. The van der Waals surface area contributed by atoms with Gasteiger partial charge in [-0.1, -0.05) is 114 Å². The highest BCUT2D eigenvalue weighted by Gasteiger charge is 2.06. The molecule has 0 N–H and O–H groups in total. The van der Waals surface area contributed by atoms with Crippen LogP contribution in [0.2, 0.25) is 0 Å². The van der Waals surface area contributed by atoms with Gasteiger partial charge in [-0.25, -0.2) is 0 Å². The fraction of sp³-hybridized carbons (Fsp3) is 0.613. The first kappa shape index (κ1) is 28.2. The summed E-state index contributed by atoms with van der Waals surface area (Å²) in [6, 6.07) is 16.4. The van der Waals surface area contributed by atoms with E-state index in [9.17, 15) is 0 Å². The first-order chi connectivity index (χ1) is 16.8. The van der Waals surface area contributed by atoms with Crippen LogP contribution in [-0.2, 0) is 17.8 Å². The van der Waals surface area contributed by atoms with Gasteiger partial charge in [-0.3, -0.25) is 0 Å². The molecular formula is C31H48O3. The summed E-state index contributed by atoms with van der Waals surface area (Å²) in [5, 5.41) is 0. The van der Waals surface area contributed by atoms with Crippen LogP contribution in [0.25, 0.3) is 0 Å². The van der Waals surface area contributed by atoms with Gasteiger partial charge in [-0.2, -0.15) is 0 Å². The number of ether oxygens (including phenoxy) is 3. The second-order valence-corrected chi connectivity index (χ2v) is 9.36. The molecule has 190 valence electrons. The molecule has 0 amide bonds. The van der Waals surface area contributed by atoms with Gasteiger partial charge in [-0.05, 0) is 42.5 Å². The summed E-state index contributed by atoms with van der Waals surface area (Å²) in [6.07, 6.45) is 18.6. The lowest BCUT2D eigenvalue weighted by Crippen LogP contribution is -2.00. The molecule has 0 aliphatic heterocycles. The van der Waals surface area contributed by atoms with Crippen molar-refractivity contribution in [2.24, 2.45) is 0 Å². The molecule has 0 saturated heterocycles. The highest BCUT2D eigenvalue weighted by atomic mass is 16.5. The molecule has 0 atom stereocenters. The van der Waals surface area contributed by atoms with E-state index in [0.29, 0.717) is 6.61 Å². The van der Waals surface area contributed by atoms with E-state index in [0.717, 1.165) is 43.1 Å². The predicted molar refractivity (Wildman–Crippen MR) is 144 cm³/mol. The molecule has 0 bridgehead atoms. The fourth-order valence-corrected chi connectivity index (χ4v) is 4.25. The van der Waals surface area contributed by atoms with Gasteiger partial charge in [0.25, 0.3) is 0 Å². The maximum atomic E-state index is 5.95. The molecule has 0 aliphatic carbocycles. The third kappa shape index (κ3) is 13.0. The van der Waals surface area contributed by atoms with E-state index in [1.165, 1.54) is 82.6 Å². The average Bonchev–Trinajstić information content (AvgIpc) is 2.88. The van der Waals surface area contributed by atoms with Crippen molar-refractivity contribution in [2.75, 3.05) is 20.3 Å². The molecule has 0 radical (unpaired) electrons. The van der Waals surface area contributed by atoms with Crippen molar-refractivity contribution in [2.45, 2.75) is 103 Å². The molecule has 0 aliphatic rings. The van der Waals surface area contributed by atoms with Crippen molar-refractivity contribution in [1.29, 1.82) is 0 Å². The van der Waals surface area contributed by atoms with Crippen molar-refractivity contribution in [3.8, 4) is 11.5 Å². The van der Waals surface area contributed by atoms with Gasteiger partial charge < -0.3 is 14.2 Å². The lowest BCUT2D eigenvalue weighted by atomic mass is 10.1. The minimum absolute atomic E-state index is 0.545. The average molecular weight is 469 g/mol. The number of benzene rings is 2. The van der Waals surface area contributed by atoms with Crippen molar-refractivity contribution in [3.05, 3.63) is 59.7 Å². The van der Waals surface area contributed by atoms with Crippen LogP contribution in [0.3, 0.4) is 0 Å². The molecule has 0 saturated carbocycles. The molecule has 0 aromatic heterocycles. The van der Waals surface area contributed by atoms with E-state index in [1.807, 2.05) is 24.3 Å².